The molecule has 102 valence electrons. The van der Waals surface area contributed by atoms with E-state index >= 15 is 0 Å². The molecule has 1 atom stereocenters. The number of aromatic nitrogens is 2. The van der Waals surface area contributed by atoms with E-state index in [4.69, 9.17) is 5.84 Å². The smallest absolute Gasteiger partial charge is 0.0522 e. The van der Waals surface area contributed by atoms with Crippen molar-refractivity contribution >= 4 is 0 Å². The molecule has 4 heteroatoms. The van der Waals surface area contributed by atoms with E-state index in [1.165, 1.54) is 11.1 Å². The Morgan fingerprint density at radius 2 is 2.05 bits per heavy atom. The quantitative estimate of drug-likeness (QED) is 0.589. The summed E-state index contributed by atoms with van der Waals surface area (Å²) in [5.41, 5.74) is 5.50. The van der Waals surface area contributed by atoms with Gasteiger partial charge in [0.15, 0.2) is 0 Å². The van der Waals surface area contributed by atoms with Crippen molar-refractivity contribution < 1.29 is 0 Å². The minimum Gasteiger partial charge on any atom is -0.273 e. The summed E-state index contributed by atoms with van der Waals surface area (Å²) < 4.78 is 1.94. The van der Waals surface area contributed by atoms with Gasteiger partial charge in [-0.15, -0.1) is 0 Å². The maximum absolute atomic E-state index is 5.65. The average molecular weight is 258 g/mol. The number of hydrogen-bond donors (Lipinski definition) is 2. The molecule has 1 aromatic heterocycles. The van der Waals surface area contributed by atoms with Crippen LogP contribution in [0.3, 0.4) is 0 Å². The minimum atomic E-state index is 0.287. The molecule has 3 N–H and O–H groups in total. The van der Waals surface area contributed by atoms with Crippen molar-refractivity contribution in [1.82, 2.24) is 15.2 Å². The van der Waals surface area contributed by atoms with Gasteiger partial charge >= 0.3 is 0 Å². The summed E-state index contributed by atoms with van der Waals surface area (Å²) in [4.78, 5) is 0. The Bertz CT molecular complexity index is 478. The summed E-state index contributed by atoms with van der Waals surface area (Å²) in [5, 5.41) is 4.29. The lowest BCUT2D eigenvalue weighted by molar-refractivity contribution is 0.491. The normalized spacial score (nSPS) is 12.5. The van der Waals surface area contributed by atoms with E-state index in [-0.39, 0.29) is 6.04 Å². The van der Waals surface area contributed by atoms with Gasteiger partial charge in [0, 0.05) is 18.8 Å². The zero-order chi connectivity index (χ0) is 13.5. The molecule has 0 fully saturated rings. The molecule has 2 rings (SSSR count). The van der Waals surface area contributed by atoms with Crippen LogP contribution in [0.5, 0.6) is 0 Å². The van der Waals surface area contributed by atoms with Crippen LogP contribution in [-0.4, -0.2) is 15.8 Å². The topological polar surface area (TPSA) is 55.9 Å². The highest BCUT2D eigenvalue weighted by Gasteiger charge is 2.09. The second kappa shape index (κ2) is 7.07. The molecule has 0 spiro atoms. The molecule has 1 aromatic carbocycles. The number of hydrogen-bond acceptors (Lipinski definition) is 3. The maximum Gasteiger partial charge on any atom is 0.0522 e. The molecule has 19 heavy (non-hydrogen) atoms. The van der Waals surface area contributed by atoms with E-state index in [2.05, 4.69) is 47.9 Å². The first-order valence-corrected chi connectivity index (χ1v) is 6.83. The van der Waals surface area contributed by atoms with Crippen molar-refractivity contribution in [3.63, 3.8) is 0 Å². The molecule has 0 aliphatic rings. The van der Waals surface area contributed by atoms with Gasteiger partial charge < -0.3 is 0 Å². The van der Waals surface area contributed by atoms with Crippen LogP contribution >= 0.6 is 0 Å². The lowest BCUT2D eigenvalue weighted by atomic mass is 10.0. The standard InChI is InChI=1S/C15H22N4/c1-2-19-12-14(11-17-19)10-15(18-16)9-8-13-6-4-3-5-7-13/h3-7,11-12,15,18H,2,8-10,16H2,1H3. The van der Waals surface area contributed by atoms with Gasteiger partial charge in [0.25, 0.3) is 0 Å². The first kappa shape index (κ1) is 13.8. The number of nitrogens with one attached hydrogen (secondary N) is 1. The van der Waals surface area contributed by atoms with Crippen LogP contribution in [0.25, 0.3) is 0 Å². The number of rotatable bonds is 7. The molecule has 0 saturated heterocycles. The Labute approximate surface area is 114 Å². The van der Waals surface area contributed by atoms with Crippen molar-refractivity contribution in [3.8, 4) is 0 Å². The molecule has 4 nitrogen and oxygen atoms in total. The number of hydrazine groups is 1. The van der Waals surface area contributed by atoms with Gasteiger partial charge in [-0.2, -0.15) is 5.10 Å². The molecule has 0 aliphatic heterocycles. The fourth-order valence-corrected chi connectivity index (χ4v) is 2.20. The predicted molar refractivity (Wildman–Crippen MR) is 77.5 cm³/mol. The lowest BCUT2D eigenvalue weighted by Gasteiger charge is -2.14. The highest BCUT2D eigenvalue weighted by molar-refractivity contribution is 5.15. The van der Waals surface area contributed by atoms with Crippen LogP contribution < -0.4 is 11.3 Å². The molecule has 0 radical (unpaired) electrons. The molecule has 0 bridgehead atoms. The van der Waals surface area contributed by atoms with Crippen molar-refractivity contribution in [3.05, 3.63) is 53.9 Å². The van der Waals surface area contributed by atoms with Gasteiger partial charge in [-0.3, -0.25) is 16.0 Å². The van der Waals surface area contributed by atoms with E-state index in [0.717, 1.165) is 25.8 Å². The van der Waals surface area contributed by atoms with Gasteiger partial charge in [-0.05, 0) is 37.3 Å². The Morgan fingerprint density at radius 1 is 1.26 bits per heavy atom. The fourth-order valence-electron chi connectivity index (χ4n) is 2.20. The number of aryl methyl sites for hydroxylation is 2. The van der Waals surface area contributed by atoms with E-state index in [1.807, 2.05) is 16.9 Å². The molecule has 0 aliphatic carbocycles. The fraction of sp³-hybridized carbons (Fsp3) is 0.400. The van der Waals surface area contributed by atoms with E-state index in [9.17, 15) is 0 Å². The average Bonchev–Trinajstić information content (AvgIpc) is 2.92. The van der Waals surface area contributed by atoms with Crippen molar-refractivity contribution in [2.75, 3.05) is 0 Å². The van der Waals surface area contributed by atoms with E-state index < -0.39 is 0 Å². The molecule has 0 amide bonds. The summed E-state index contributed by atoms with van der Waals surface area (Å²) in [6.07, 6.45) is 7.00. The highest BCUT2D eigenvalue weighted by Crippen LogP contribution is 2.09. The lowest BCUT2D eigenvalue weighted by Crippen LogP contribution is -2.37. The minimum absolute atomic E-state index is 0.287. The van der Waals surface area contributed by atoms with Crippen molar-refractivity contribution in [2.45, 2.75) is 38.8 Å². The largest absolute Gasteiger partial charge is 0.273 e. The third kappa shape index (κ3) is 4.19. The summed E-state index contributed by atoms with van der Waals surface area (Å²) in [5.74, 6) is 5.65. The first-order valence-electron chi connectivity index (χ1n) is 6.83. The maximum atomic E-state index is 5.65. The Balaban J connectivity index is 1.86. The molecular weight excluding hydrogens is 236 g/mol. The highest BCUT2D eigenvalue weighted by atomic mass is 15.3. The molecular formula is C15H22N4. The first-order chi connectivity index (χ1) is 9.31. The van der Waals surface area contributed by atoms with E-state index in [0.29, 0.717) is 0 Å². The summed E-state index contributed by atoms with van der Waals surface area (Å²) >= 11 is 0. The third-order valence-corrected chi connectivity index (χ3v) is 3.35. The summed E-state index contributed by atoms with van der Waals surface area (Å²) in [7, 11) is 0. The number of nitrogens with zero attached hydrogens (tertiary/aromatic N) is 2. The van der Waals surface area contributed by atoms with Crippen LogP contribution in [0, 0.1) is 0 Å². The number of nitrogens with two attached hydrogens (primary N) is 1. The summed E-state index contributed by atoms with van der Waals surface area (Å²) in [6.45, 7) is 3.00. The Morgan fingerprint density at radius 3 is 2.68 bits per heavy atom. The SMILES string of the molecule is CCn1cc(CC(CCc2ccccc2)NN)cn1. The molecule has 1 heterocycles. The van der Waals surface area contributed by atoms with Crippen LogP contribution in [0.1, 0.15) is 24.5 Å². The van der Waals surface area contributed by atoms with Gasteiger partial charge in [0.1, 0.15) is 0 Å². The van der Waals surface area contributed by atoms with Gasteiger partial charge in [-0.1, -0.05) is 30.3 Å². The molecule has 2 aromatic rings. The van der Waals surface area contributed by atoms with Crippen LogP contribution in [0.15, 0.2) is 42.7 Å². The number of benzene rings is 1. The zero-order valence-corrected chi connectivity index (χ0v) is 11.4. The van der Waals surface area contributed by atoms with Crippen molar-refractivity contribution in [1.29, 1.82) is 0 Å². The second-order valence-electron chi connectivity index (χ2n) is 4.80. The van der Waals surface area contributed by atoms with Crippen LogP contribution in [0.4, 0.5) is 0 Å². The Hall–Kier alpha value is -1.65. The molecule has 0 saturated carbocycles. The van der Waals surface area contributed by atoms with E-state index in [1.54, 1.807) is 0 Å². The van der Waals surface area contributed by atoms with Gasteiger partial charge in [0.2, 0.25) is 0 Å². The van der Waals surface area contributed by atoms with Gasteiger partial charge in [0.05, 0.1) is 6.20 Å². The van der Waals surface area contributed by atoms with Crippen molar-refractivity contribution in [2.24, 2.45) is 5.84 Å². The third-order valence-electron chi connectivity index (χ3n) is 3.35. The van der Waals surface area contributed by atoms with Gasteiger partial charge in [-0.25, -0.2) is 0 Å². The predicted octanol–water partition coefficient (Wildman–Crippen LogP) is 1.91. The monoisotopic (exact) mass is 258 g/mol. The Kier molecular flexibility index (Phi) is 5.12. The second-order valence-corrected chi connectivity index (χ2v) is 4.80. The zero-order valence-electron chi connectivity index (χ0n) is 11.4. The molecule has 1 unspecified atom stereocenters. The van der Waals surface area contributed by atoms with Crippen LogP contribution in [0.2, 0.25) is 0 Å². The summed E-state index contributed by atoms with van der Waals surface area (Å²) in [6, 6.07) is 10.8. The van der Waals surface area contributed by atoms with Crippen LogP contribution in [-0.2, 0) is 19.4 Å².